The van der Waals surface area contributed by atoms with Crippen LogP contribution in [-0.4, -0.2) is 25.5 Å². The Balaban J connectivity index is 1.96. The van der Waals surface area contributed by atoms with E-state index in [-0.39, 0.29) is 10.8 Å². The number of alkyl halides is 3. The van der Waals surface area contributed by atoms with E-state index in [1.54, 1.807) is 18.2 Å². The molecule has 1 aromatic heterocycles. The first-order chi connectivity index (χ1) is 13.6. The smallest absolute Gasteiger partial charge is 0.452 e. The maximum absolute atomic E-state index is 13.7. The summed E-state index contributed by atoms with van der Waals surface area (Å²) in [4.78, 5) is 11.4. The molecule has 1 fully saturated rings. The Labute approximate surface area is 168 Å². The van der Waals surface area contributed by atoms with Crippen LogP contribution in [0.2, 0.25) is 0 Å². The van der Waals surface area contributed by atoms with Crippen molar-refractivity contribution in [3.05, 3.63) is 47.8 Å². The predicted octanol–water partition coefficient (Wildman–Crippen LogP) is 3.94. The summed E-state index contributed by atoms with van der Waals surface area (Å²) in [6, 6.07) is 10.7. The van der Waals surface area contributed by atoms with E-state index in [9.17, 15) is 23.1 Å². The van der Waals surface area contributed by atoms with Gasteiger partial charge in [0.25, 0.3) is 0 Å². The molecule has 1 heterocycles. The van der Waals surface area contributed by atoms with Crippen molar-refractivity contribution in [3.63, 3.8) is 0 Å². The number of aromatic nitrogens is 3. The van der Waals surface area contributed by atoms with Gasteiger partial charge in [-0.15, -0.1) is 10.2 Å². The van der Waals surface area contributed by atoms with Gasteiger partial charge in [-0.05, 0) is 49.6 Å². The molecule has 9 heteroatoms. The molecule has 29 heavy (non-hydrogen) atoms. The number of benzene rings is 2. The summed E-state index contributed by atoms with van der Waals surface area (Å²) in [7, 11) is 0. The van der Waals surface area contributed by atoms with E-state index in [0.717, 1.165) is 28.4 Å². The Kier molecular flexibility index (Phi) is 4.60. The number of carbonyl (C=O) groups excluding carboxylic acids is 1. The third-order valence-electron chi connectivity index (χ3n) is 4.92. The first-order valence-corrected chi connectivity index (χ1v) is 9.86. The van der Waals surface area contributed by atoms with Crippen LogP contribution in [0.15, 0.2) is 41.6 Å². The zero-order valence-corrected chi connectivity index (χ0v) is 16.5. The summed E-state index contributed by atoms with van der Waals surface area (Å²) in [5.74, 6) is -2.18. The highest BCUT2D eigenvalue weighted by Gasteiger charge is 2.40. The molecule has 1 aliphatic carbocycles. The van der Waals surface area contributed by atoms with Crippen molar-refractivity contribution in [3.8, 4) is 5.69 Å². The molecular formula is C20H17F3N3O2S-. The number of hydrogen-bond acceptors (Lipinski definition) is 5. The number of halogens is 3. The van der Waals surface area contributed by atoms with E-state index in [0.29, 0.717) is 23.1 Å². The number of carboxylic acids is 1. The van der Waals surface area contributed by atoms with Crippen LogP contribution in [0.5, 0.6) is 0 Å². The van der Waals surface area contributed by atoms with Crippen molar-refractivity contribution in [2.45, 2.75) is 48.7 Å². The number of nitrogens with zero attached hydrogens (tertiary/aromatic N) is 3. The zero-order valence-electron chi connectivity index (χ0n) is 15.7. The lowest BCUT2D eigenvalue weighted by Gasteiger charge is -2.25. The molecule has 0 atom stereocenters. The molecule has 5 nitrogen and oxygen atoms in total. The molecule has 3 aromatic rings. The molecule has 0 unspecified atom stereocenters. The molecule has 4 rings (SSSR count). The lowest BCUT2D eigenvalue weighted by Crippen LogP contribution is -2.41. The second-order valence-electron chi connectivity index (χ2n) is 7.53. The third-order valence-corrected chi connectivity index (χ3v) is 6.04. The average Bonchev–Trinajstić information content (AvgIpc) is 3.40. The fourth-order valence-corrected chi connectivity index (χ4v) is 4.16. The van der Waals surface area contributed by atoms with Gasteiger partial charge >= 0.3 is 6.18 Å². The maximum Gasteiger partial charge on any atom is 0.452 e. The van der Waals surface area contributed by atoms with Crippen molar-refractivity contribution >= 4 is 28.5 Å². The van der Waals surface area contributed by atoms with Crippen molar-refractivity contribution in [1.82, 2.24) is 14.8 Å². The normalized spacial score (nSPS) is 15.1. The third kappa shape index (κ3) is 3.59. The topological polar surface area (TPSA) is 70.8 Å². The fraction of sp³-hybridized carbons (Fsp3) is 0.350. The Morgan fingerprint density at radius 2 is 1.76 bits per heavy atom. The highest BCUT2D eigenvalue weighted by atomic mass is 32.2. The lowest BCUT2D eigenvalue weighted by atomic mass is 9.99. The second-order valence-corrected chi connectivity index (χ2v) is 9.12. The summed E-state index contributed by atoms with van der Waals surface area (Å²) in [5, 5.41) is 19.8. The van der Waals surface area contributed by atoms with Gasteiger partial charge < -0.3 is 9.90 Å². The molecule has 2 aromatic carbocycles. The first kappa shape index (κ1) is 19.8. The van der Waals surface area contributed by atoms with Crippen molar-refractivity contribution in [2.75, 3.05) is 0 Å². The first-order valence-electron chi connectivity index (χ1n) is 9.04. The van der Waals surface area contributed by atoms with E-state index < -0.39 is 22.7 Å². The SMILES string of the molecule is CC(C)(Sc1nnc(C(F)(F)F)n1-c1ccc(C2CC2)c2ccccc12)C(=O)[O-]. The van der Waals surface area contributed by atoms with Gasteiger partial charge in [0, 0.05) is 5.39 Å². The average molecular weight is 420 g/mol. The van der Waals surface area contributed by atoms with Gasteiger partial charge in [-0.25, -0.2) is 0 Å². The van der Waals surface area contributed by atoms with Crippen LogP contribution in [0, 0.1) is 0 Å². The highest BCUT2D eigenvalue weighted by molar-refractivity contribution is 8.01. The fourth-order valence-electron chi connectivity index (χ4n) is 3.26. The van der Waals surface area contributed by atoms with Crippen LogP contribution < -0.4 is 5.11 Å². The molecule has 1 aliphatic rings. The molecular weight excluding hydrogens is 403 g/mol. The van der Waals surface area contributed by atoms with E-state index >= 15 is 0 Å². The predicted molar refractivity (Wildman–Crippen MR) is 101 cm³/mol. The lowest BCUT2D eigenvalue weighted by molar-refractivity contribution is -0.308. The van der Waals surface area contributed by atoms with Crippen LogP contribution >= 0.6 is 11.8 Å². The van der Waals surface area contributed by atoms with E-state index in [4.69, 9.17) is 0 Å². The van der Waals surface area contributed by atoms with Gasteiger partial charge in [0.2, 0.25) is 5.82 Å². The number of rotatable bonds is 5. The number of thioether (sulfide) groups is 1. The molecule has 0 spiro atoms. The maximum atomic E-state index is 13.7. The minimum atomic E-state index is -4.76. The van der Waals surface area contributed by atoms with Crippen LogP contribution in [0.25, 0.3) is 16.5 Å². The summed E-state index contributed by atoms with van der Waals surface area (Å²) in [5.41, 5.74) is 1.37. The highest BCUT2D eigenvalue weighted by Crippen LogP contribution is 2.45. The molecule has 152 valence electrons. The molecule has 0 amide bonds. The Hall–Kier alpha value is -2.55. The molecule has 0 N–H and O–H groups in total. The summed E-state index contributed by atoms with van der Waals surface area (Å²) in [6.45, 7) is 2.71. The van der Waals surface area contributed by atoms with Crippen molar-refractivity contribution < 1.29 is 23.1 Å². The Morgan fingerprint density at radius 1 is 1.10 bits per heavy atom. The van der Waals surface area contributed by atoms with E-state index in [1.165, 1.54) is 13.8 Å². The quantitative estimate of drug-likeness (QED) is 0.585. The zero-order chi connectivity index (χ0) is 21.0. The van der Waals surface area contributed by atoms with Crippen LogP contribution in [0.3, 0.4) is 0 Å². The molecule has 0 aliphatic heterocycles. The molecule has 0 radical (unpaired) electrons. The van der Waals surface area contributed by atoms with Gasteiger partial charge in [0.15, 0.2) is 5.16 Å². The number of carbonyl (C=O) groups is 1. The number of fused-ring (bicyclic) bond motifs is 1. The van der Waals surface area contributed by atoms with Gasteiger partial charge in [-0.1, -0.05) is 42.1 Å². The largest absolute Gasteiger partial charge is 0.549 e. The summed E-state index contributed by atoms with van der Waals surface area (Å²) >= 11 is 0.671. The Morgan fingerprint density at radius 3 is 2.34 bits per heavy atom. The van der Waals surface area contributed by atoms with Gasteiger partial charge in [0.1, 0.15) is 0 Å². The van der Waals surface area contributed by atoms with Crippen molar-refractivity contribution in [2.24, 2.45) is 0 Å². The van der Waals surface area contributed by atoms with Crippen molar-refractivity contribution in [1.29, 1.82) is 0 Å². The summed E-state index contributed by atoms with van der Waals surface area (Å²) in [6.07, 6.45) is -2.64. The molecule has 1 saturated carbocycles. The van der Waals surface area contributed by atoms with Crippen LogP contribution in [-0.2, 0) is 11.0 Å². The van der Waals surface area contributed by atoms with E-state index in [1.807, 2.05) is 18.2 Å². The van der Waals surface area contributed by atoms with Gasteiger partial charge in [-0.2, -0.15) is 13.2 Å². The summed E-state index contributed by atoms with van der Waals surface area (Å²) < 4.78 is 40.5. The number of aliphatic carboxylic acids is 1. The van der Waals surface area contributed by atoms with Crippen LogP contribution in [0.4, 0.5) is 13.2 Å². The second kappa shape index (κ2) is 6.76. The van der Waals surface area contributed by atoms with Crippen LogP contribution in [0.1, 0.15) is 44.0 Å². The van der Waals surface area contributed by atoms with Gasteiger partial charge in [0.05, 0.1) is 16.4 Å². The number of hydrogen-bond donors (Lipinski definition) is 0. The van der Waals surface area contributed by atoms with Gasteiger partial charge in [-0.3, -0.25) is 4.57 Å². The molecule has 0 bridgehead atoms. The minimum absolute atomic E-state index is 0.157. The minimum Gasteiger partial charge on any atom is -0.549 e. The monoisotopic (exact) mass is 420 g/mol. The Bertz CT molecular complexity index is 1100. The number of carboxylic acid groups (broad SMARTS) is 1. The molecule has 0 saturated heterocycles. The van der Waals surface area contributed by atoms with E-state index in [2.05, 4.69) is 10.2 Å². The standard InChI is InChI=1S/C20H18F3N3O2S/c1-19(2,17(27)28)29-18-25-24-16(20(21,22)23)26(18)15-10-9-12(11-7-8-11)13-5-3-4-6-14(13)15/h3-6,9-11H,7-8H2,1-2H3,(H,27,28)/p-1.